The van der Waals surface area contributed by atoms with E-state index in [4.69, 9.17) is 9.47 Å². The van der Waals surface area contributed by atoms with Crippen molar-refractivity contribution in [3.63, 3.8) is 0 Å². The third-order valence-corrected chi connectivity index (χ3v) is 3.91. The van der Waals surface area contributed by atoms with Crippen LogP contribution in [-0.2, 0) is 11.3 Å². The SMILES string of the molecule is COCCOc1ccc(C(=O)NCc2ccnc(-c3cccnc3)c2)cc1. The van der Waals surface area contributed by atoms with Gasteiger partial charge in [-0.2, -0.15) is 0 Å². The smallest absolute Gasteiger partial charge is 0.251 e. The number of ether oxygens (including phenoxy) is 2. The van der Waals surface area contributed by atoms with Gasteiger partial charge in [0.25, 0.3) is 5.91 Å². The van der Waals surface area contributed by atoms with Crippen molar-refractivity contribution < 1.29 is 14.3 Å². The number of benzene rings is 1. The Morgan fingerprint density at radius 3 is 2.67 bits per heavy atom. The van der Waals surface area contributed by atoms with E-state index in [-0.39, 0.29) is 5.91 Å². The first-order chi connectivity index (χ1) is 13.3. The Morgan fingerprint density at radius 2 is 1.93 bits per heavy atom. The van der Waals surface area contributed by atoms with Crippen molar-refractivity contribution in [2.75, 3.05) is 20.3 Å². The largest absolute Gasteiger partial charge is 0.491 e. The molecule has 0 aliphatic rings. The zero-order valence-electron chi connectivity index (χ0n) is 15.1. The molecule has 0 saturated heterocycles. The second-order valence-electron chi connectivity index (χ2n) is 5.84. The zero-order chi connectivity index (χ0) is 18.9. The fourth-order valence-corrected chi connectivity index (χ4v) is 2.49. The number of methoxy groups -OCH3 is 1. The summed E-state index contributed by atoms with van der Waals surface area (Å²) in [5, 5.41) is 2.92. The molecule has 138 valence electrons. The van der Waals surface area contributed by atoms with Crippen LogP contribution in [0, 0.1) is 0 Å². The maximum absolute atomic E-state index is 12.3. The fraction of sp³-hybridized carbons (Fsp3) is 0.190. The highest BCUT2D eigenvalue weighted by Gasteiger charge is 2.07. The Kier molecular flexibility index (Phi) is 6.49. The third-order valence-electron chi connectivity index (χ3n) is 3.91. The van der Waals surface area contributed by atoms with Crippen LogP contribution < -0.4 is 10.1 Å². The number of rotatable bonds is 8. The molecule has 3 aromatic rings. The number of carbonyl (C=O) groups excluding carboxylic acids is 1. The van der Waals surface area contributed by atoms with Crippen molar-refractivity contribution in [1.82, 2.24) is 15.3 Å². The highest BCUT2D eigenvalue weighted by molar-refractivity contribution is 5.94. The average molecular weight is 363 g/mol. The summed E-state index contributed by atoms with van der Waals surface area (Å²) >= 11 is 0. The van der Waals surface area contributed by atoms with Crippen molar-refractivity contribution in [3.05, 3.63) is 78.2 Å². The van der Waals surface area contributed by atoms with Gasteiger partial charge < -0.3 is 14.8 Å². The van der Waals surface area contributed by atoms with E-state index in [2.05, 4.69) is 15.3 Å². The molecule has 2 aromatic heterocycles. The molecule has 0 aliphatic heterocycles. The fourth-order valence-electron chi connectivity index (χ4n) is 2.49. The van der Waals surface area contributed by atoms with Gasteiger partial charge >= 0.3 is 0 Å². The summed E-state index contributed by atoms with van der Waals surface area (Å²) < 4.78 is 10.4. The molecule has 0 fully saturated rings. The van der Waals surface area contributed by atoms with Crippen LogP contribution >= 0.6 is 0 Å². The number of aromatic nitrogens is 2. The number of hydrogen-bond acceptors (Lipinski definition) is 5. The van der Waals surface area contributed by atoms with E-state index >= 15 is 0 Å². The summed E-state index contributed by atoms with van der Waals surface area (Å²) in [7, 11) is 1.62. The van der Waals surface area contributed by atoms with Crippen molar-refractivity contribution >= 4 is 5.91 Å². The monoisotopic (exact) mass is 363 g/mol. The molecule has 1 amide bonds. The minimum Gasteiger partial charge on any atom is -0.491 e. The quantitative estimate of drug-likeness (QED) is 0.623. The molecule has 2 heterocycles. The Morgan fingerprint density at radius 1 is 1.07 bits per heavy atom. The summed E-state index contributed by atoms with van der Waals surface area (Å²) in [6.45, 7) is 1.42. The van der Waals surface area contributed by atoms with E-state index < -0.39 is 0 Å². The van der Waals surface area contributed by atoms with Crippen LogP contribution in [0.25, 0.3) is 11.3 Å². The average Bonchev–Trinajstić information content (AvgIpc) is 2.73. The molecular weight excluding hydrogens is 342 g/mol. The first kappa shape index (κ1) is 18.5. The van der Waals surface area contributed by atoms with Gasteiger partial charge in [-0.1, -0.05) is 0 Å². The van der Waals surface area contributed by atoms with E-state index in [0.29, 0.717) is 31.1 Å². The normalized spacial score (nSPS) is 10.4. The van der Waals surface area contributed by atoms with Crippen LogP contribution in [0.5, 0.6) is 5.75 Å². The van der Waals surface area contributed by atoms with Crippen molar-refractivity contribution in [1.29, 1.82) is 0 Å². The van der Waals surface area contributed by atoms with Crippen LogP contribution in [0.1, 0.15) is 15.9 Å². The minimum atomic E-state index is -0.141. The second-order valence-corrected chi connectivity index (χ2v) is 5.84. The number of pyridine rings is 2. The molecule has 0 aliphatic carbocycles. The van der Waals surface area contributed by atoms with Crippen LogP contribution in [0.15, 0.2) is 67.1 Å². The number of hydrogen-bond donors (Lipinski definition) is 1. The maximum Gasteiger partial charge on any atom is 0.251 e. The first-order valence-electron chi connectivity index (χ1n) is 8.61. The highest BCUT2D eigenvalue weighted by atomic mass is 16.5. The van der Waals surface area contributed by atoms with E-state index in [9.17, 15) is 4.79 Å². The van der Waals surface area contributed by atoms with E-state index in [1.807, 2.05) is 24.3 Å². The van der Waals surface area contributed by atoms with Gasteiger partial charge in [0.1, 0.15) is 12.4 Å². The van der Waals surface area contributed by atoms with Gasteiger partial charge in [0.2, 0.25) is 0 Å². The lowest BCUT2D eigenvalue weighted by molar-refractivity contribution is 0.0951. The van der Waals surface area contributed by atoms with Gasteiger partial charge in [-0.25, -0.2) is 0 Å². The molecule has 1 aromatic carbocycles. The van der Waals surface area contributed by atoms with E-state index in [1.165, 1.54) is 0 Å². The van der Waals surface area contributed by atoms with Gasteiger partial charge in [0.05, 0.1) is 12.3 Å². The maximum atomic E-state index is 12.3. The topological polar surface area (TPSA) is 73.3 Å². The molecule has 0 bridgehead atoms. The summed E-state index contributed by atoms with van der Waals surface area (Å²) in [4.78, 5) is 20.8. The van der Waals surface area contributed by atoms with Crippen LogP contribution in [0.2, 0.25) is 0 Å². The molecule has 0 spiro atoms. The van der Waals surface area contributed by atoms with Gasteiger partial charge in [-0.3, -0.25) is 14.8 Å². The van der Waals surface area contributed by atoms with Crippen LogP contribution in [0.3, 0.4) is 0 Å². The van der Waals surface area contributed by atoms with Gasteiger partial charge in [0.15, 0.2) is 0 Å². The number of carbonyl (C=O) groups is 1. The molecule has 6 heteroatoms. The molecule has 3 rings (SSSR count). The minimum absolute atomic E-state index is 0.141. The Labute approximate surface area is 158 Å². The highest BCUT2D eigenvalue weighted by Crippen LogP contribution is 2.16. The predicted octanol–water partition coefficient (Wildman–Crippen LogP) is 3.10. The molecule has 6 nitrogen and oxygen atoms in total. The summed E-state index contributed by atoms with van der Waals surface area (Å²) in [5.41, 5.74) is 3.31. The van der Waals surface area contributed by atoms with E-state index in [0.717, 1.165) is 16.8 Å². The van der Waals surface area contributed by atoms with Crippen molar-refractivity contribution in [2.45, 2.75) is 6.54 Å². The summed E-state index contributed by atoms with van der Waals surface area (Å²) in [6, 6.07) is 14.7. The number of nitrogens with one attached hydrogen (secondary N) is 1. The predicted molar refractivity (Wildman–Crippen MR) is 102 cm³/mol. The molecule has 0 saturated carbocycles. The molecule has 0 unspecified atom stereocenters. The Hall–Kier alpha value is -3.25. The van der Waals surface area contributed by atoms with Gasteiger partial charge in [0, 0.05) is 43.4 Å². The Balaban J connectivity index is 1.57. The molecule has 0 atom stereocenters. The van der Waals surface area contributed by atoms with E-state index in [1.54, 1.807) is 50.0 Å². The number of nitrogens with zero attached hydrogens (tertiary/aromatic N) is 2. The first-order valence-corrected chi connectivity index (χ1v) is 8.61. The van der Waals surface area contributed by atoms with Crippen LogP contribution in [-0.4, -0.2) is 36.2 Å². The molecular formula is C21H21N3O3. The lowest BCUT2D eigenvalue weighted by atomic mass is 10.1. The summed E-state index contributed by atoms with van der Waals surface area (Å²) in [5.74, 6) is 0.567. The second kappa shape index (κ2) is 9.45. The van der Waals surface area contributed by atoms with Crippen molar-refractivity contribution in [2.24, 2.45) is 0 Å². The summed E-state index contributed by atoms with van der Waals surface area (Å²) in [6.07, 6.45) is 5.22. The Bertz CT molecular complexity index is 867. The van der Waals surface area contributed by atoms with Crippen LogP contribution in [0.4, 0.5) is 0 Å². The van der Waals surface area contributed by atoms with Gasteiger partial charge in [-0.05, 0) is 54.1 Å². The van der Waals surface area contributed by atoms with Crippen molar-refractivity contribution in [3.8, 4) is 17.0 Å². The lowest BCUT2D eigenvalue weighted by Crippen LogP contribution is -2.22. The third kappa shape index (κ3) is 5.36. The lowest BCUT2D eigenvalue weighted by Gasteiger charge is -2.08. The molecule has 0 radical (unpaired) electrons. The zero-order valence-corrected chi connectivity index (χ0v) is 15.1. The van der Waals surface area contributed by atoms with Gasteiger partial charge in [-0.15, -0.1) is 0 Å². The standard InChI is InChI=1S/C21H21N3O3/c1-26-11-12-27-19-6-4-17(5-7-19)21(25)24-14-16-8-10-23-20(13-16)18-3-2-9-22-15-18/h2-10,13,15H,11-12,14H2,1H3,(H,24,25). The molecule has 1 N–H and O–H groups in total. The number of amides is 1. The molecule has 27 heavy (non-hydrogen) atoms.